The Hall–Kier alpha value is -2.05. The van der Waals surface area contributed by atoms with E-state index in [0.29, 0.717) is 23.6 Å². The topological polar surface area (TPSA) is 55.2 Å². The third-order valence-electron chi connectivity index (χ3n) is 7.42. The molecule has 0 N–H and O–H groups in total. The molecule has 2 bridgehead atoms. The van der Waals surface area contributed by atoms with Gasteiger partial charge in [-0.15, -0.1) is 0 Å². The highest BCUT2D eigenvalue weighted by Crippen LogP contribution is 2.38. The van der Waals surface area contributed by atoms with Crippen LogP contribution >= 0.6 is 0 Å². The lowest BCUT2D eigenvalue weighted by Gasteiger charge is -2.31. The number of fused-ring (bicyclic) bond motifs is 7. The average Bonchev–Trinajstić information content (AvgIpc) is 3.10. The van der Waals surface area contributed by atoms with Gasteiger partial charge in [-0.3, -0.25) is 4.90 Å². The first-order valence-corrected chi connectivity index (χ1v) is 11.3. The SMILES string of the molecule is COc1ccc2c3c(c(=O)oc2c1OC)CN(CCN1CC2CCC(CC2)C1)CC3. The Balaban J connectivity index is 1.34. The molecule has 0 radical (unpaired) electrons. The summed E-state index contributed by atoms with van der Waals surface area (Å²) in [7, 11) is 3.17. The van der Waals surface area contributed by atoms with E-state index >= 15 is 0 Å². The molecule has 0 unspecified atom stereocenters. The van der Waals surface area contributed by atoms with Crippen molar-refractivity contribution in [3.63, 3.8) is 0 Å². The van der Waals surface area contributed by atoms with Gasteiger partial charge in [-0.2, -0.15) is 0 Å². The van der Waals surface area contributed by atoms with Crippen molar-refractivity contribution in [1.29, 1.82) is 0 Å². The highest BCUT2D eigenvalue weighted by molar-refractivity contribution is 5.88. The van der Waals surface area contributed by atoms with Gasteiger partial charge in [0.15, 0.2) is 11.3 Å². The summed E-state index contributed by atoms with van der Waals surface area (Å²) in [6.45, 7) is 6.28. The smallest absolute Gasteiger partial charge is 0.341 e. The van der Waals surface area contributed by atoms with Crippen LogP contribution in [-0.4, -0.2) is 56.7 Å². The van der Waals surface area contributed by atoms with Crippen LogP contribution in [0.5, 0.6) is 11.5 Å². The summed E-state index contributed by atoms with van der Waals surface area (Å²) in [5, 5.41) is 0.964. The molecule has 4 aliphatic rings. The Morgan fingerprint density at radius 2 is 1.67 bits per heavy atom. The molecule has 1 saturated carbocycles. The van der Waals surface area contributed by atoms with Crippen LogP contribution in [0.2, 0.25) is 0 Å². The second-order valence-corrected chi connectivity index (χ2v) is 9.20. The zero-order valence-electron chi connectivity index (χ0n) is 18.1. The van der Waals surface area contributed by atoms with Crippen molar-refractivity contribution in [2.24, 2.45) is 11.8 Å². The summed E-state index contributed by atoms with van der Waals surface area (Å²) in [6, 6.07) is 3.88. The van der Waals surface area contributed by atoms with Crippen LogP contribution in [0.25, 0.3) is 11.0 Å². The van der Waals surface area contributed by atoms with Gasteiger partial charge in [0.25, 0.3) is 0 Å². The van der Waals surface area contributed by atoms with Crippen LogP contribution in [0.1, 0.15) is 36.8 Å². The van der Waals surface area contributed by atoms with Gasteiger partial charge in [0.05, 0.1) is 19.8 Å². The Labute approximate surface area is 177 Å². The molecule has 0 amide bonds. The predicted molar refractivity (Wildman–Crippen MR) is 116 cm³/mol. The normalized spacial score (nSPS) is 24.6. The molecule has 0 spiro atoms. The van der Waals surface area contributed by atoms with Gasteiger partial charge >= 0.3 is 5.63 Å². The van der Waals surface area contributed by atoms with Gasteiger partial charge in [-0.1, -0.05) is 0 Å². The monoisotopic (exact) mass is 412 g/mol. The van der Waals surface area contributed by atoms with E-state index in [0.717, 1.165) is 54.4 Å². The fraction of sp³-hybridized carbons (Fsp3) is 0.625. The maximum atomic E-state index is 12.8. The lowest BCUT2D eigenvalue weighted by Crippen LogP contribution is -2.40. The zero-order valence-corrected chi connectivity index (χ0v) is 18.1. The predicted octanol–water partition coefficient (Wildman–Crippen LogP) is 3.29. The van der Waals surface area contributed by atoms with Gasteiger partial charge in [0.2, 0.25) is 5.75 Å². The van der Waals surface area contributed by atoms with Crippen LogP contribution in [0.4, 0.5) is 0 Å². The lowest BCUT2D eigenvalue weighted by molar-refractivity contribution is 0.182. The quantitative estimate of drug-likeness (QED) is 0.703. The van der Waals surface area contributed by atoms with Gasteiger partial charge < -0.3 is 18.8 Å². The van der Waals surface area contributed by atoms with Crippen molar-refractivity contribution in [3.05, 3.63) is 33.7 Å². The lowest BCUT2D eigenvalue weighted by atomic mass is 9.84. The minimum absolute atomic E-state index is 0.249. The van der Waals surface area contributed by atoms with Gasteiger partial charge in [0, 0.05) is 44.7 Å². The molecule has 4 heterocycles. The molecular weight excluding hydrogens is 380 g/mol. The Kier molecular flexibility index (Phi) is 5.46. The van der Waals surface area contributed by atoms with Crippen LogP contribution in [-0.2, 0) is 13.0 Å². The van der Waals surface area contributed by atoms with Crippen molar-refractivity contribution < 1.29 is 13.9 Å². The molecule has 1 aliphatic carbocycles. The minimum Gasteiger partial charge on any atom is -0.493 e. The van der Waals surface area contributed by atoms with Crippen molar-refractivity contribution >= 4 is 11.0 Å². The standard InChI is InChI=1S/C24H32N2O4/c1-28-21-8-7-19-18-9-10-25(15-20(18)24(27)30-22(19)23(21)29-2)11-12-26-13-16-3-4-17(14-26)6-5-16/h7-8,16-17H,3-6,9-15H2,1-2H3. The molecule has 6 heteroatoms. The number of nitrogens with zero attached hydrogens (tertiary/aromatic N) is 2. The van der Waals surface area contributed by atoms with Crippen LogP contribution in [0, 0.1) is 11.8 Å². The number of benzene rings is 1. The van der Waals surface area contributed by atoms with E-state index in [9.17, 15) is 4.79 Å². The number of rotatable bonds is 5. The zero-order chi connectivity index (χ0) is 20.7. The molecule has 1 aromatic carbocycles. The molecule has 3 aliphatic heterocycles. The molecule has 30 heavy (non-hydrogen) atoms. The number of methoxy groups -OCH3 is 2. The van der Waals surface area contributed by atoms with Crippen molar-refractivity contribution in [3.8, 4) is 11.5 Å². The van der Waals surface area contributed by atoms with E-state index in [-0.39, 0.29) is 5.63 Å². The van der Waals surface area contributed by atoms with Crippen LogP contribution in [0.3, 0.4) is 0 Å². The summed E-state index contributed by atoms with van der Waals surface area (Å²) >= 11 is 0. The summed E-state index contributed by atoms with van der Waals surface area (Å²) in [5.41, 5.74) is 2.15. The van der Waals surface area contributed by atoms with E-state index < -0.39 is 0 Å². The molecular formula is C24H32N2O4. The Morgan fingerprint density at radius 1 is 0.967 bits per heavy atom. The molecule has 6 nitrogen and oxygen atoms in total. The van der Waals surface area contributed by atoms with E-state index in [4.69, 9.17) is 13.9 Å². The first kappa shape index (κ1) is 19.9. The largest absolute Gasteiger partial charge is 0.493 e. The minimum atomic E-state index is -0.249. The Bertz CT molecular complexity index is 963. The highest BCUT2D eigenvalue weighted by atomic mass is 16.5. The van der Waals surface area contributed by atoms with Crippen LogP contribution in [0.15, 0.2) is 21.3 Å². The number of ether oxygens (including phenoxy) is 2. The molecule has 1 aromatic heterocycles. The fourth-order valence-corrected chi connectivity index (χ4v) is 5.75. The third-order valence-corrected chi connectivity index (χ3v) is 7.42. The van der Waals surface area contributed by atoms with Crippen LogP contribution < -0.4 is 15.1 Å². The van der Waals surface area contributed by atoms with Crippen molar-refractivity contribution in [1.82, 2.24) is 9.80 Å². The van der Waals surface area contributed by atoms with E-state index in [1.165, 1.54) is 38.8 Å². The summed E-state index contributed by atoms with van der Waals surface area (Å²) < 4.78 is 16.6. The molecule has 2 saturated heterocycles. The Morgan fingerprint density at radius 3 is 2.33 bits per heavy atom. The maximum absolute atomic E-state index is 12.8. The van der Waals surface area contributed by atoms with E-state index in [1.807, 2.05) is 12.1 Å². The summed E-state index contributed by atoms with van der Waals surface area (Å²) in [4.78, 5) is 17.9. The maximum Gasteiger partial charge on any atom is 0.341 e. The second kappa shape index (κ2) is 8.23. The molecule has 2 aromatic rings. The molecule has 6 rings (SSSR count). The third kappa shape index (κ3) is 3.60. The molecule has 0 atom stereocenters. The summed E-state index contributed by atoms with van der Waals surface area (Å²) in [5.74, 6) is 2.87. The van der Waals surface area contributed by atoms with E-state index in [1.54, 1.807) is 14.2 Å². The van der Waals surface area contributed by atoms with Gasteiger partial charge in [0.1, 0.15) is 0 Å². The summed E-state index contributed by atoms with van der Waals surface area (Å²) in [6.07, 6.45) is 6.53. The average molecular weight is 413 g/mol. The van der Waals surface area contributed by atoms with Gasteiger partial charge in [-0.25, -0.2) is 4.79 Å². The first-order valence-electron chi connectivity index (χ1n) is 11.3. The van der Waals surface area contributed by atoms with E-state index in [2.05, 4.69) is 9.80 Å². The highest BCUT2D eigenvalue weighted by Gasteiger charge is 2.30. The van der Waals surface area contributed by atoms with Crippen molar-refractivity contribution in [2.45, 2.75) is 38.6 Å². The first-order chi connectivity index (χ1) is 14.7. The fourth-order valence-electron chi connectivity index (χ4n) is 5.75. The molecule has 162 valence electrons. The molecule has 3 fully saturated rings. The number of hydrogen-bond donors (Lipinski definition) is 0. The second-order valence-electron chi connectivity index (χ2n) is 9.20. The van der Waals surface area contributed by atoms with Crippen molar-refractivity contribution in [2.75, 3.05) is 46.9 Å². The number of hydrogen-bond acceptors (Lipinski definition) is 6. The van der Waals surface area contributed by atoms with Gasteiger partial charge in [-0.05, 0) is 61.6 Å².